The lowest BCUT2D eigenvalue weighted by molar-refractivity contribution is 0.457. The number of aromatic nitrogens is 2. The monoisotopic (exact) mass is 315 g/mol. The first-order valence-electron chi connectivity index (χ1n) is 6.48. The molecule has 1 aromatic rings. The molecular formula is C13H22BrN3O. The summed E-state index contributed by atoms with van der Waals surface area (Å²) in [6, 6.07) is 0.530. The Kier molecular flexibility index (Phi) is 6.02. The first-order valence-corrected chi connectivity index (χ1v) is 7.27. The first-order chi connectivity index (χ1) is 8.51. The lowest BCUT2D eigenvalue weighted by Gasteiger charge is -2.16. The van der Waals surface area contributed by atoms with Crippen molar-refractivity contribution in [3.63, 3.8) is 0 Å². The molecule has 1 aromatic heterocycles. The highest BCUT2D eigenvalue weighted by molar-refractivity contribution is 9.10. The number of nitrogens with zero attached hydrogens (tertiary/aromatic N) is 2. The summed E-state index contributed by atoms with van der Waals surface area (Å²) in [5.74, 6) is 0. The molecule has 102 valence electrons. The molecule has 0 fully saturated rings. The van der Waals surface area contributed by atoms with Gasteiger partial charge in [0.1, 0.15) is 0 Å². The smallest absolute Gasteiger partial charge is 0.312 e. The summed E-state index contributed by atoms with van der Waals surface area (Å²) >= 11 is 3.47. The summed E-state index contributed by atoms with van der Waals surface area (Å²) in [6.07, 6.45) is 2.22. The highest BCUT2D eigenvalue weighted by Gasteiger charge is 2.09. The van der Waals surface area contributed by atoms with E-state index in [0.29, 0.717) is 12.6 Å². The van der Waals surface area contributed by atoms with Gasteiger partial charge in [-0.2, -0.15) is 4.98 Å². The molecule has 0 saturated carbocycles. The highest BCUT2D eigenvalue weighted by Crippen LogP contribution is 2.16. The van der Waals surface area contributed by atoms with Crippen molar-refractivity contribution in [1.82, 2.24) is 14.9 Å². The van der Waals surface area contributed by atoms with Crippen LogP contribution in [0.4, 0.5) is 0 Å². The number of aryl methyl sites for hydroxylation is 1. The molecule has 0 radical (unpaired) electrons. The molecule has 0 spiro atoms. The molecule has 0 amide bonds. The number of halogens is 1. The molecule has 18 heavy (non-hydrogen) atoms. The minimum Gasteiger partial charge on any atom is -0.312 e. The molecule has 4 nitrogen and oxygen atoms in total. The van der Waals surface area contributed by atoms with Gasteiger partial charge in [0.2, 0.25) is 0 Å². The molecule has 1 heterocycles. The van der Waals surface area contributed by atoms with Gasteiger partial charge in [0, 0.05) is 24.8 Å². The third-order valence-corrected chi connectivity index (χ3v) is 4.44. The van der Waals surface area contributed by atoms with Crippen molar-refractivity contribution in [2.24, 2.45) is 0 Å². The molecule has 1 rings (SSSR count). The molecule has 0 bridgehead atoms. The quantitative estimate of drug-likeness (QED) is 0.877. The van der Waals surface area contributed by atoms with Crippen molar-refractivity contribution >= 4 is 15.9 Å². The van der Waals surface area contributed by atoms with Gasteiger partial charge in [-0.15, -0.1) is 0 Å². The van der Waals surface area contributed by atoms with E-state index in [2.05, 4.69) is 40.1 Å². The third-order valence-electron chi connectivity index (χ3n) is 3.29. The van der Waals surface area contributed by atoms with E-state index in [0.717, 1.165) is 35.2 Å². The van der Waals surface area contributed by atoms with Crippen LogP contribution in [0.5, 0.6) is 0 Å². The van der Waals surface area contributed by atoms with Crippen LogP contribution in [0.1, 0.15) is 38.1 Å². The van der Waals surface area contributed by atoms with Crippen molar-refractivity contribution in [1.29, 1.82) is 0 Å². The van der Waals surface area contributed by atoms with Crippen LogP contribution in [0.15, 0.2) is 9.27 Å². The largest absolute Gasteiger partial charge is 0.348 e. The molecule has 0 saturated heterocycles. The second-order valence-corrected chi connectivity index (χ2v) is 5.29. The van der Waals surface area contributed by atoms with Crippen LogP contribution in [0.25, 0.3) is 0 Å². The zero-order valence-electron chi connectivity index (χ0n) is 11.6. The van der Waals surface area contributed by atoms with Crippen molar-refractivity contribution in [3.8, 4) is 0 Å². The van der Waals surface area contributed by atoms with Gasteiger partial charge in [0.25, 0.3) is 0 Å². The maximum absolute atomic E-state index is 11.8. The van der Waals surface area contributed by atoms with Gasteiger partial charge in [-0.1, -0.05) is 13.8 Å². The predicted molar refractivity (Wildman–Crippen MR) is 78.0 cm³/mol. The van der Waals surface area contributed by atoms with Crippen LogP contribution in [-0.4, -0.2) is 22.1 Å². The Morgan fingerprint density at radius 3 is 2.50 bits per heavy atom. The van der Waals surface area contributed by atoms with E-state index in [1.165, 1.54) is 0 Å². The number of rotatable bonds is 6. The maximum atomic E-state index is 11.8. The Labute approximate surface area is 117 Å². The maximum Gasteiger partial charge on any atom is 0.348 e. The van der Waals surface area contributed by atoms with Crippen molar-refractivity contribution in [3.05, 3.63) is 26.3 Å². The average molecular weight is 316 g/mol. The van der Waals surface area contributed by atoms with Gasteiger partial charge >= 0.3 is 5.69 Å². The second-order valence-electron chi connectivity index (χ2n) is 4.50. The van der Waals surface area contributed by atoms with Crippen molar-refractivity contribution in [2.75, 3.05) is 6.54 Å². The van der Waals surface area contributed by atoms with Gasteiger partial charge in [-0.05, 0) is 42.6 Å². The van der Waals surface area contributed by atoms with Gasteiger partial charge < -0.3 is 5.32 Å². The van der Waals surface area contributed by atoms with E-state index in [1.807, 2.05) is 13.8 Å². The fraction of sp³-hybridized carbons (Fsp3) is 0.692. The standard InChI is InChI=1S/C13H22BrN3O/c1-5-11(6-2)15-7-8-17-10(4)12(14)9(3)16-13(17)18/h11,15H,5-8H2,1-4H3. The van der Waals surface area contributed by atoms with E-state index in [-0.39, 0.29) is 5.69 Å². The van der Waals surface area contributed by atoms with Crippen molar-refractivity contribution < 1.29 is 0 Å². The van der Waals surface area contributed by atoms with Crippen LogP contribution >= 0.6 is 15.9 Å². The molecule has 0 aliphatic rings. The van der Waals surface area contributed by atoms with Crippen LogP contribution in [0.2, 0.25) is 0 Å². The Bertz CT molecular complexity index is 452. The summed E-state index contributed by atoms with van der Waals surface area (Å²) in [4.78, 5) is 15.8. The summed E-state index contributed by atoms with van der Waals surface area (Å²) in [5, 5.41) is 3.45. The Morgan fingerprint density at radius 2 is 1.94 bits per heavy atom. The Balaban J connectivity index is 2.74. The molecule has 0 atom stereocenters. The first kappa shape index (κ1) is 15.4. The fourth-order valence-electron chi connectivity index (χ4n) is 2.00. The lowest BCUT2D eigenvalue weighted by atomic mass is 10.2. The molecule has 0 unspecified atom stereocenters. The number of hydrogen-bond acceptors (Lipinski definition) is 3. The Morgan fingerprint density at radius 1 is 1.33 bits per heavy atom. The third kappa shape index (κ3) is 3.65. The predicted octanol–water partition coefficient (Wildman–Crippen LogP) is 2.40. The van der Waals surface area contributed by atoms with E-state index in [9.17, 15) is 4.79 Å². The van der Waals surface area contributed by atoms with E-state index in [1.54, 1.807) is 4.57 Å². The van der Waals surface area contributed by atoms with E-state index in [4.69, 9.17) is 0 Å². The lowest BCUT2D eigenvalue weighted by Crippen LogP contribution is -2.35. The molecular weight excluding hydrogens is 294 g/mol. The molecule has 5 heteroatoms. The van der Waals surface area contributed by atoms with Crippen LogP contribution < -0.4 is 11.0 Å². The number of hydrogen-bond donors (Lipinski definition) is 1. The normalized spacial score (nSPS) is 11.2. The zero-order valence-corrected chi connectivity index (χ0v) is 13.2. The minimum absolute atomic E-state index is 0.167. The highest BCUT2D eigenvalue weighted by atomic mass is 79.9. The molecule has 1 N–H and O–H groups in total. The second kappa shape index (κ2) is 7.04. The average Bonchev–Trinajstić information content (AvgIpc) is 2.35. The van der Waals surface area contributed by atoms with Crippen LogP contribution in [0.3, 0.4) is 0 Å². The van der Waals surface area contributed by atoms with Gasteiger partial charge in [-0.3, -0.25) is 4.57 Å². The molecule has 0 aromatic carbocycles. The van der Waals surface area contributed by atoms with Crippen LogP contribution in [-0.2, 0) is 6.54 Å². The number of nitrogens with one attached hydrogen (secondary N) is 1. The summed E-state index contributed by atoms with van der Waals surface area (Å²) in [6.45, 7) is 9.57. The minimum atomic E-state index is -0.167. The fourth-order valence-corrected chi connectivity index (χ4v) is 2.30. The summed E-state index contributed by atoms with van der Waals surface area (Å²) < 4.78 is 2.64. The topological polar surface area (TPSA) is 46.9 Å². The van der Waals surface area contributed by atoms with Gasteiger partial charge in [-0.25, -0.2) is 4.79 Å². The van der Waals surface area contributed by atoms with Crippen LogP contribution in [0, 0.1) is 13.8 Å². The van der Waals surface area contributed by atoms with Gasteiger partial charge in [0.15, 0.2) is 0 Å². The molecule has 0 aliphatic carbocycles. The Hall–Kier alpha value is -0.680. The van der Waals surface area contributed by atoms with Crippen molar-refractivity contribution in [2.45, 2.75) is 53.1 Å². The summed E-state index contributed by atoms with van der Waals surface area (Å²) in [7, 11) is 0. The van der Waals surface area contributed by atoms with Gasteiger partial charge in [0.05, 0.1) is 10.2 Å². The van der Waals surface area contributed by atoms with E-state index >= 15 is 0 Å². The SMILES string of the molecule is CCC(CC)NCCn1c(C)c(Br)c(C)nc1=O. The summed E-state index contributed by atoms with van der Waals surface area (Å²) in [5.41, 5.74) is 1.53. The molecule has 0 aliphatic heterocycles. The van der Waals surface area contributed by atoms with E-state index < -0.39 is 0 Å². The zero-order chi connectivity index (χ0) is 13.7.